The third kappa shape index (κ3) is 5.70. The van der Waals surface area contributed by atoms with E-state index in [9.17, 15) is 9.59 Å². The number of carbonyl (C=O) groups is 2. The summed E-state index contributed by atoms with van der Waals surface area (Å²) in [4.78, 5) is 23.8. The van der Waals surface area contributed by atoms with Crippen molar-refractivity contribution < 1.29 is 9.59 Å². The summed E-state index contributed by atoms with van der Waals surface area (Å²) in [5, 5.41) is 2.92. The Labute approximate surface area is 128 Å². The lowest BCUT2D eigenvalue weighted by atomic mass is 9.87. The Morgan fingerprint density at radius 2 is 1.33 bits per heavy atom. The first-order valence-corrected chi connectivity index (χ1v) is 7.39. The van der Waals surface area contributed by atoms with Crippen LogP contribution in [0.25, 0.3) is 0 Å². The maximum atomic E-state index is 12.0. The summed E-state index contributed by atoms with van der Waals surface area (Å²) in [6.45, 7) is 12.0. The van der Waals surface area contributed by atoms with Gasteiger partial charge in [-0.3, -0.25) is 9.59 Å². The number of hydrogen-bond acceptors (Lipinski definition) is 2. The van der Waals surface area contributed by atoms with E-state index < -0.39 is 0 Å². The molecule has 1 rings (SSSR count). The van der Waals surface area contributed by atoms with Crippen LogP contribution in [-0.4, -0.2) is 11.7 Å². The number of Topliss-reactive ketones (excluding diaryl/α,β-unsaturated/α-hetero) is 1. The largest absolute Gasteiger partial charge is 0.352 e. The molecule has 0 spiro atoms. The van der Waals surface area contributed by atoms with Crippen molar-refractivity contribution >= 4 is 11.7 Å². The van der Waals surface area contributed by atoms with Gasteiger partial charge < -0.3 is 5.32 Å². The van der Waals surface area contributed by atoms with E-state index in [-0.39, 0.29) is 22.5 Å². The van der Waals surface area contributed by atoms with Gasteiger partial charge in [-0.05, 0) is 11.1 Å². The van der Waals surface area contributed by atoms with Crippen LogP contribution in [0.4, 0.5) is 0 Å². The van der Waals surface area contributed by atoms with Gasteiger partial charge in [0.2, 0.25) is 5.91 Å². The van der Waals surface area contributed by atoms with Crippen molar-refractivity contribution in [3.8, 4) is 0 Å². The van der Waals surface area contributed by atoms with E-state index >= 15 is 0 Å². The van der Waals surface area contributed by atoms with Crippen LogP contribution < -0.4 is 5.32 Å². The molecule has 0 saturated carbocycles. The molecule has 3 heteroatoms. The number of amides is 1. The van der Waals surface area contributed by atoms with Gasteiger partial charge in [0, 0.05) is 23.8 Å². The van der Waals surface area contributed by atoms with Crippen LogP contribution in [-0.2, 0) is 22.6 Å². The van der Waals surface area contributed by atoms with E-state index in [1.807, 2.05) is 65.8 Å². The fourth-order valence-corrected chi connectivity index (χ4v) is 1.67. The lowest BCUT2D eigenvalue weighted by Crippen LogP contribution is -2.34. The Kier molecular flexibility index (Phi) is 5.32. The smallest absolute Gasteiger partial charge is 0.225 e. The van der Waals surface area contributed by atoms with Gasteiger partial charge in [0.05, 0.1) is 0 Å². The molecule has 0 bridgehead atoms. The predicted octanol–water partition coefficient (Wildman–Crippen LogP) is 3.51. The first-order chi connectivity index (χ1) is 9.50. The van der Waals surface area contributed by atoms with E-state index in [1.165, 1.54) is 0 Å². The molecule has 1 N–H and O–H groups in total. The monoisotopic (exact) mass is 289 g/mol. The van der Waals surface area contributed by atoms with Gasteiger partial charge in [-0.25, -0.2) is 0 Å². The molecule has 1 amide bonds. The summed E-state index contributed by atoms with van der Waals surface area (Å²) in [7, 11) is 0. The average Bonchev–Trinajstić information content (AvgIpc) is 2.35. The maximum absolute atomic E-state index is 12.0. The molecule has 1 aromatic carbocycles. The highest BCUT2D eigenvalue weighted by atomic mass is 16.2. The molecular weight excluding hydrogens is 262 g/mol. The third-order valence-corrected chi connectivity index (χ3v) is 3.36. The molecule has 0 radical (unpaired) electrons. The number of carbonyl (C=O) groups excluding carboxylic acids is 2. The molecule has 0 fully saturated rings. The van der Waals surface area contributed by atoms with E-state index in [2.05, 4.69) is 5.32 Å². The molecule has 0 saturated heterocycles. The molecule has 0 heterocycles. The summed E-state index contributed by atoms with van der Waals surface area (Å²) in [5.41, 5.74) is 1.37. The Bertz CT molecular complexity index is 502. The van der Waals surface area contributed by atoms with Crippen molar-refractivity contribution in [1.29, 1.82) is 0 Å². The summed E-state index contributed by atoms with van der Waals surface area (Å²) >= 11 is 0. The molecule has 0 aromatic heterocycles. The maximum Gasteiger partial charge on any atom is 0.225 e. The number of benzene rings is 1. The standard InChI is InChI=1S/C18H27NO2/c1-17(2,3)15(20)11-13-7-9-14(10-8-13)12-19-16(21)18(4,5)6/h7-10H,11-12H2,1-6H3,(H,19,21). The Balaban J connectivity index is 2.59. The molecule has 0 aliphatic carbocycles. The summed E-state index contributed by atoms with van der Waals surface area (Å²) in [6, 6.07) is 7.85. The molecule has 0 aliphatic heterocycles. The Hall–Kier alpha value is -1.64. The van der Waals surface area contributed by atoms with Gasteiger partial charge in [0.15, 0.2) is 0 Å². The van der Waals surface area contributed by atoms with Gasteiger partial charge in [-0.2, -0.15) is 0 Å². The molecule has 0 unspecified atom stereocenters. The molecular formula is C18H27NO2. The number of hydrogen-bond donors (Lipinski definition) is 1. The third-order valence-electron chi connectivity index (χ3n) is 3.36. The van der Waals surface area contributed by atoms with Crippen LogP contribution in [0.2, 0.25) is 0 Å². The zero-order valence-corrected chi connectivity index (χ0v) is 14.0. The quantitative estimate of drug-likeness (QED) is 0.922. The number of rotatable bonds is 4. The van der Waals surface area contributed by atoms with Crippen LogP contribution in [0.1, 0.15) is 52.7 Å². The lowest BCUT2D eigenvalue weighted by Gasteiger charge is -2.18. The summed E-state index contributed by atoms with van der Waals surface area (Å²) in [6.07, 6.45) is 0.456. The summed E-state index contributed by atoms with van der Waals surface area (Å²) < 4.78 is 0. The molecule has 21 heavy (non-hydrogen) atoms. The molecule has 0 aliphatic rings. The molecule has 1 aromatic rings. The SMILES string of the molecule is CC(C)(C)C(=O)Cc1ccc(CNC(=O)C(C)(C)C)cc1. The zero-order valence-electron chi connectivity index (χ0n) is 14.0. The number of ketones is 1. The minimum Gasteiger partial charge on any atom is -0.352 e. The van der Waals surface area contributed by atoms with Crippen molar-refractivity contribution in [2.24, 2.45) is 10.8 Å². The van der Waals surface area contributed by atoms with Crippen LogP contribution in [0.3, 0.4) is 0 Å². The predicted molar refractivity (Wildman–Crippen MR) is 85.9 cm³/mol. The van der Waals surface area contributed by atoms with Crippen molar-refractivity contribution in [2.45, 2.75) is 54.5 Å². The highest BCUT2D eigenvalue weighted by Crippen LogP contribution is 2.18. The highest BCUT2D eigenvalue weighted by molar-refractivity contribution is 5.85. The van der Waals surface area contributed by atoms with Crippen LogP contribution >= 0.6 is 0 Å². The number of nitrogens with one attached hydrogen (secondary N) is 1. The van der Waals surface area contributed by atoms with Crippen molar-refractivity contribution in [3.05, 3.63) is 35.4 Å². The van der Waals surface area contributed by atoms with Gasteiger partial charge in [0.25, 0.3) is 0 Å². The summed E-state index contributed by atoms with van der Waals surface area (Å²) in [5.74, 6) is 0.269. The average molecular weight is 289 g/mol. The molecule has 3 nitrogen and oxygen atoms in total. The molecule has 0 atom stereocenters. The molecule has 116 valence electrons. The van der Waals surface area contributed by atoms with Crippen LogP contribution in [0, 0.1) is 10.8 Å². The fraction of sp³-hybridized carbons (Fsp3) is 0.556. The van der Waals surface area contributed by atoms with E-state index in [1.54, 1.807) is 0 Å². The normalized spacial score (nSPS) is 12.1. The van der Waals surface area contributed by atoms with E-state index in [0.717, 1.165) is 11.1 Å². The van der Waals surface area contributed by atoms with Crippen molar-refractivity contribution in [1.82, 2.24) is 5.32 Å². The van der Waals surface area contributed by atoms with Crippen LogP contribution in [0.15, 0.2) is 24.3 Å². The second-order valence-corrected chi connectivity index (χ2v) is 7.60. The zero-order chi connectivity index (χ0) is 16.3. The van der Waals surface area contributed by atoms with Gasteiger partial charge >= 0.3 is 0 Å². The minimum absolute atomic E-state index is 0.0366. The fourth-order valence-electron chi connectivity index (χ4n) is 1.67. The first kappa shape index (κ1) is 17.4. The van der Waals surface area contributed by atoms with E-state index in [0.29, 0.717) is 13.0 Å². The highest BCUT2D eigenvalue weighted by Gasteiger charge is 2.21. The van der Waals surface area contributed by atoms with Crippen molar-refractivity contribution in [3.63, 3.8) is 0 Å². The van der Waals surface area contributed by atoms with Gasteiger partial charge in [-0.15, -0.1) is 0 Å². The lowest BCUT2D eigenvalue weighted by molar-refractivity contribution is -0.128. The minimum atomic E-state index is -0.376. The second-order valence-electron chi connectivity index (χ2n) is 7.60. The topological polar surface area (TPSA) is 46.2 Å². The van der Waals surface area contributed by atoms with Crippen molar-refractivity contribution in [2.75, 3.05) is 0 Å². The second kappa shape index (κ2) is 6.42. The Morgan fingerprint density at radius 1 is 0.857 bits per heavy atom. The Morgan fingerprint density at radius 3 is 1.76 bits per heavy atom. The van der Waals surface area contributed by atoms with Gasteiger partial charge in [0.1, 0.15) is 5.78 Å². The van der Waals surface area contributed by atoms with Crippen LogP contribution in [0.5, 0.6) is 0 Å². The van der Waals surface area contributed by atoms with Gasteiger partial charge in [-0.1, -0.05) is 65.8 Å². The first-order valence-electron chi connectivity index (χ1n) is 7.39. The van der Waals surface area contributed by atoms with E-state index in [4.69, 9.17) is 0 Å².